The van der Waals surface area contributed by atoms with Crippen LogP contribution in [0.5, 0.6) is 0 Å². The third-order valence-corrected chi connectivity index (χ3v) is 5.80. The molecule has 0 unspecified atom stereocenters. The zero-order chi connectivity index (χ0) is 20.4. The maximum Gasteiger partial charge on any atom is 0.326 e. The van der Waals surface area contributed by atoms with Crippen molar-refractivity contribution in [3.63, 3.8) is 0 Å². The Kier molecular flexibility index (Phi) is 5.47. The predicted octanol–water partition coefficient (Wildman–Crippen LogP) is 4.81. The molecule has 4 aromatic rings. The lowest BCUT2D eigenvalue weighted by molar-refractivity contribution is -0.143. The molecule has 0 aliphatic rings. The molecule has 0 saturated carbocycles. The van der Waals surface area contributed by atoms with Crippen molar-refractivity contribution in [1.82, 2.24) is 4.57 Å². The maximum absolute atomic E-state index is 12.7. The molecule has 1 aromatic heterocycles. The molecule has 4 rings (SSSR count). The minimum Gasteiger partial charge on any atom is -0.465 e. The molecule has 1 heterocycles. The number of nitrogens with zero attached hydrogens (tertiary/aromatic N) is 2. The van der Waals surface area contributed by atoms with Gasteiger partial charge in [-0.3, -0.25) is 9.59 Å². The minimum absolute atomic E-state index is 0.0200. The number of rotatable bonds is 4. The number of carbonyl (C=O) groups excluding carboxylic acids is 2. The zero-order valence-electron chi connectivity index (χ0n) is 15.6. The van der Waals surface area contributed by atoms with Gasteiger partial charge in [0.25, 0.3) is 5.91 Å². The third kappa shape index (κ3) is 3.95. The molecule has 5 nitrogen and oxygen atoms in total. The van der Waals surface area contributed by atoms with Crippen molar-refractivity contribution in [1.29, 1.82) is 0 Å². The first kappa shape index (κ1) is 19.4. The molecule has 0 atom stereocenters. The molecule has 0 spiro atoms. The molecular formula is C22H17ClN2O3S. The number of esters is 1. The van der Waals surface area contributed by atoms with E-state index in [2.05, 4.69) is 4.99 Å². The van der Waals surface area contributed by atoms with Crippen molar-refractivity contribution in [3.8, 4) is 0 Å². The second-order valence-corrected chi connectivity index (χ2v) is 7.75. The van der Waals surface area contributed by atoms with Crippen molar-refractivity contribution in [2.75, 3.05) is 6.61 Å². The first-order chi connectivity index (χ1) is 14.1. The van der Waals surface area contributed by atoms with Gasteiger partial charge >= 0.3 is 5.97 Å². The van der Waals surface area contributed by atoms with Gasteiger partial charge in [-0.1, -0.05) is 59.3 Å². The summed E-state index contributed by atoms with van der Waals surface area (Å²) in [5.41, 5.74) is 1.22. The van der Waals surface area contributed by atoms with E-state index >= 15 is 0 Å². The molecule has 0 aliphatic heterocycles. The minimum atomic E-state index is -0.416. The van der Waals surface area contributed by atoms with Crippen molar-refractivity contribution in [2.45, 2.75) is 13.5 Å². The maximum atomic E-state index is 12.7. The number of amides is 1. The second kappa shape index (κ2) is 8.19. The zero-order valence-corrected chi connectivity index (χ0v) is 17.2. The lowest BCUT2D eigenvalue weighted by atomic mass is 10.1. The SMILES string of the molecule is CCOC(=O)Cn1c(=NC(=O)c2cccc(Cl)c2)sc2c3ccccc3ccc21. The molecule has 7 heteroatoms. The van der Waals surface area contributed by atoms with Crippen LogP contribution in [0.2, 0.25) is 5.02 Å². The average Bonchev–Trinajstić information content (AvgIpc) is 3.05. The van der Waals surface area contributed by atoms with E-state index in [1.165, 1.54) is 11.3 Å². The molecule has 29 heavy (non-hydrogen) atoms. The van der Waals surface area contributed by atoms with E-state index in [0.29, 0.717) is 15.4 Å². The fourth-order valence-electron chi connectivity index (χ4n) is 3.15. The number of benzene rings is 3. The smallest absolute Gasteiger partial charge is 0.326 e. The lowest BCUT2D eigenvalue weighted by Gasteiger charge is -2.06. The highest BCUT2D eigenvalue weighted by molar-refractivity contribution is 7.17. The Balaban J connectivity index is 1.92. The molecule has 0 aliphatic carbocycles. The molecule has 3 aromatic carbocycles. The highest BCUT2D eigenvalue weighted by atomic mass is 35.5. The van der Waals surface area contributed by atoms with Gasteiger partial charge in [-0.2, -0.15) is 4.99 Å². The van der Waals surface area contributed by atoms with Crippen LogP contribution in [0, 0.1) is 0 Å². The summed E-state index contributed by atoms with van der Waals surface area (Å²) >= 11 is 7.37. The molecule has 0 bridgehead atoms. The number of thiazole rings is 1. The summed E-state index contributed by atoms with van der Waals surface area (Å²) in [4.78, 5) is 29.7. The standard InChI is InChI=1S/C22H17ClN2O3S/c1-2-28-19(26)13-25-18-11-10-14-6-3-4-9-17(14)20(18)29-22(25)24-21(27)15-7-5-8-16(23)12-15/h3-12H,2,13H2,1H3. The summed E-state index contributed by atoms with van der Waals surface area (Å²) in [6.45, 7) is 2.03. The van der Waals surface area contributed by atoms with Gasteiger partial charge in [0.2, 0.25) is 0 Å². The van der Waals surface area contributed by atoms with E-state index in [-0.39, 0.29) is 19.1 Å². The number of halogens is 1. The number of fused-ring (bicyclic) bond motifs is 3. The van der Waals surface area contributed by atoms with E-state index in [0.717, 1.165) is 21.0 Å². The Bertz CT molecular complexity index is 1310. The van der Waals surface area contributed by atoms with Gasteiger partial charge < -0.3 is 9.30 Å². The van der Waals surface area contributed by atoms with Gasteiger partial charge in [0.05, 0.1) is 16.8 Å². The Morgan fingerprint density at radius 2 is 1.93 bits per heavy atom. The van der Waals surface area contributed by atoms with Crippen molar-refractivity contribution in [3.05, 3.63) is 76.1 Å². The van der Waals surface area contributed by atoms with Crippen LogP contribution in [-0.2, 0) is 16.1 Å². The van der Waals surface area contributed by atoms with Crippen molar-refractivity contribution < 1.29 is 14.3 Å². The molecule has 0 saturated heterocycles. The molecule has 146 valence electrons. The Labute approximate surface area is 175 Å². The Morgan fingerprint density at radius 3 is 2.72 bits per heavy atom. The number of aromatic nitrogens is 1. The summed E-state index contributed by atoms with van der Waals surface area (Å²) in [6, 6.07) is 18.6. The van der Waals surface area contributed by atoms with E-state index < -0.39 is 5.91 Å². The molecule has 0 radical (unpaired) electrons. The van der Waals surface area contributed by atoms with Crippen LogP contribution in [-0.4, -0.2) is 23.1 Å². The van der Waals surface area contributed by atoms with E-state index in [4.69, 9.17) is 16.3 Å². The highest BCUT2D eigenvalue weighted by Crippen LogP contribution is 2.27. The molecule has 0 N–H and O–H groups in total. The topological polar surface area (TPSA) is 60.7 Å². The Hall–Kier alpha value is -2.96. The van der Waals surface area contributed by atoms with Gasteiger partial charge in [0.15, 0.2) is 4.80 Å². The van der Waals surface area contributed by atoms with E-state index in [1.807, 2.05) is 36.4 Å². The van der Waals surface area contributed by atoms with Crippen LogP contribution in [0.15, 0.2) is 65.7 Å². The van der Waals surface area contributed by atoms with Gasteiger partial charge in [0.1, 0.15) is 6.54 Å². The lowest BCUT2D eigenvalue weighted by Crippen LogP contribution is -2.23. The molecular weight excluding hydrogens is 408 g/mol. The summed E-state index contributed by atoms with van der Waals surface area (Å²) in [5, 5.41) is 2.59. The van der Waals surface area contributed by atoms with Crippen molar-refractivity contribution >= 4 is 55.8 Å². The quantitative estimate of drug-likeness (QED) is 0.441. The number of hydrogen-bond acceptors (Lipinski definition) is 4. The first-order valence-electron chi connectivity index (χ1n) is 9.08. The largest absolute Gasteiger partial charge is 0.465 e. The van der Waals surface area contributed by atoms with Crippen LogP contribution in [0.3, 0.4) is 0 Å². The number of ether oxygens (including phenoxy) is 1. The van der Waals surface area contributed by atoms with Crippen LogP contribution in [0.25, 0.3) is 21.0 Å². The second-order valence-electron chi connectivity index (χ2n) is 6.34. The van der Waals surface area contributed by atoms with Gasteiger partial charge in [-0.05, 0) is 36.6 Å². The monoisotopic (exact) mass is 424 g/mol. The first-order valence-corrected chi connectivity index (χ1v) is 10.3. The summed E-state index contributed by atoms with van der Waals surface area (Å²) in [6.07, 6.45) is 0. The van der Waals surface area contributed by atoms with E-state index in [1.54, 1.807) is 35.8 Å². The van der Waals surface area contributed by atoms with Crippen molar-refractivity contribution in [2.24, 2.45) is 4.99 Å². The number of carbonyl (C=O) groups is 2. The fourth-order valence-corrected chi connectivity index (χ4v) is 4.50. The summed E-state index contributed by atoms with van der Waals surface area (Å²) < 4.78 is 7.80. The van der Waals surface area contributed by atoms with Crippen LogP contribution in [0.4, 0.5) is 0 Å². The summed E-state index contributed by atoms with van der Waals surface area (Å²) in [7, 11) is 0. The highest BCUT2D eigenvalue weighted by Gasteiger charge is 2.14. The molecule has 1 amide bonds. The van der Waals surface area contributed by atoms with Crippen LogP contribution >= 0.6 is 22.9 Å². The normalized spacial score (nSPS) is 11.9. The Morgan fingerprint density at radius 1 is 1.10 bits per heavy atom. The van der Waals surface area contributed by atoms with Gasteiger partial charge in [-0.15, -0.1) is 0 Å². The van der Waals surface area contributed by atoms with Gasteiger partial charge in [-0.25, -0.2) is 0 Å². The number of hydrogen-bond donors (Lipinski definition) is 0. The predicted molar refractivity (Wildman–Crippen MR) is 115 cm³/mol. The average molecular weight is 425 g/mol. The molecule has 0 fully saturated rings. The van der Waals surface area contributed by atoms with Gasteiger partial charge in [0, 0.05) is 16.0 Å². The third-order valence-electron chi connectivity index (χ3n) is 4.44. The van der Waals surface area contributed by atoms with E-state index in [9.17, 15) is 9.59 Å². The summed E-state index contributed by atoms with van der Waals surface area (Å²) in [5.74, 6) is -0.794. The fraction of sp³-hybridized carbons (Fsp3) is 0.136. The van der Waals surface area contributed by atoms with Crippen LogP contribution in [0.1, 0.15) is 17.3 Å². The van der Waals surface area contributed by atoms with Crippen LogP contribution < -0.4 is 4.80 Å².